The lowest BCUT2D eigenvalue weighted by atomic mass is 9.84. The highest BCUT2D eigenvalue weighted by molar-refractivity contribution is 5.70. The molecule has 0 spiro atoms. The summed E-state index contributed by atoms with van der Waals surface area (Å²) in [7, 11) is 1.48. The van der Waals surface area contributed by atoms with Crippen LogP contribution in [0.25, 0.3) is 0 Å². The van der Waals surface area contributed by atoms with Crippen molar-refractivity contribution in [3.8, 4) is 0 Å². The molecule has 0 aliphatic carbocycles. The highest BCUT2D eigenvalue weighted by Gasteiger charge is 2.38. The van der Waals surface area contributed by atoms with E-state index in [0.29, 0.717) is 19.8 Å². The van der Waals surface area contributed by atoms with E-state index in [0.717, 1.165) is 6.42 Å². The zero-order valence-electron chi connectivity index (χ0n) is 8.17. The normalized spacial score (nSPS) is 19.2. The largest absolute Gasteiger partial charge is 0.463 e. The second-order valence-electron chi connectivity index (χ2n) is 3.44. The lowest BCUT2D eigenvalue weighted by molar-refractivity contribution is -0.173. The van der Waals surface area contributed by atoms with Crippen LogP contribution in [0.1, 0.15) is 13.3 Å². The molecular formula is C9H16O4. The predicted molar refractivity (Wildman–Crippen MR) is 46.4 cm³/mol. The van der Waals surface area contributed by atoms with Gasteiger partial charge in [-0.15, -0.1) is 0 Å². The van der Waals surface area contributed by atoms with Crippen LogP contribution in [-0.4, -0.2) is 39.5 Å². The maximum absolute atomic E-state index is 11.0. The molecule has 1 aliphatic rings. The summed E-state index contributed by atoms with van der Waals surface area (Å²) < 4.78 is 14.8. The number of rotatable bonds is 5. The Hall–Kier alpha value is -0.610. The van der Waals surface area contributed by atoms with Crippen molar-refractivity contribution in [2.45, 2.75) is 13.3 Å². The van der Waals surface area contributed by atoms with Gasteiger partial charge in [-0.1, -0.05) is 6.92 Å². The van der Waals surface area contributed by atoms with E-state index in [2.05, 4.69) is 11.7 Å². The number of carbonyl (C=O) groups excluding carboxylic acids is 1. The van der Waals surface area contributed by atoms with Gasteiger partial charge in [0.15, 0.2) is 0 Å². The molecule has 13 heavy (non-hydrogen) atoms. The SMILES string of the molecule is CCC1(COC(=O)COC)COC1. The summed E-state index contributed by atoms with van der Waals surface area (Å²) in [6.07, 6.45) is 0.979. The summed E-state index contributed by atoms with van der Waals surface area (Å²) in [6, 6.07) is 0. The molecule has 4 nitrogen and oxygen atoms in total. The topological polar surface area (TPSA) is 44.8 Å². The summed E-state index contributed by atoms with van der Waals surface area (Å²) in [5.41, 5.74) is 0.0728. The van der Waals surface area contributed by atoms with Gasteiger partial charge >= 0.3 is 5.97 Å². The van der Waals surface area contributed by atoms with E-state index in [-0.39, 0.29) is 18.0 Å². The Labute approximate surface area is 78.2 Å². The van der Waals surface area contributed by atoms with Gasteiger partial charge in [0.05, 0.1) is 18.6 Å². The molecule has 0 aromatic rings. The molecule has 0 radical (unpaired) electrons. The first-order valence-corrected chi connectivity index (χ1v) is 4.45. The standard InChI is InChI=1S/C9H16O4/c1-3-9(5-12-6-9)7-13-8(10)4-11-2/h3-7H2,1-2H3. The zero-order valence-corrected chi connectivity index (χ0v) is 8.17. The summed E-state index contributed by atoms with van der Waals surface area (Å²) >= 11 is 0. The lowest BCUT2D eigenvalue weighted by Crippen LogP contribution is -2.46. The van der Waals surface area contributed by atoms with Crippen molar-refractivity contribution in [1.29, 1.82) is 0 Å². The number of hydrogen-bond donors (Lipinski definition) is 0. The monoisotopic (exact) mass is 188 g/mol. The van der Waals surface area contributed by atoms with Gasteiger partial charge in [-0.05, 0) is 6.42 Å². The van der Waals surface area contributed by atoms with Crippen LogP contribution in [-0.2, 0) is 19.0 Å². The number of hydrogen-bond acceptors (Lipinski definition) is 4. The average molecular weight is 188 g/mol. The second-order valence-corrected chi connectivity index (χ2v) is 3.44. The van der Waals surface area contributed by atoms with Crippen molar-refractivity contribution in [2.24, 2.45) is 5.41 Å². The fraction of sp³-hybridized carbons (Fsp3) is 0.889. The first-order valence-electron chi connectivity index (χ1n) is 4.45. The molecule has 1 aliphatic heterocycles. The number of carbonyl (C=O) groups is 1. The Morgan fingerprint density at radius 2 is 2.23 bits per heavy atom. The molecule has 0 aromatic heterocycles. The minimum Gasteiger partial charge on any atom is -0.463 e. The molecule has 4 heteroatoms. The van der Waals surface area contributed by atoms with Crippen LogP contribution in [0.2, 0.25) is 0 Å². The van der Waals surface area contributed by atoms with E-state index in [1.54, 1.807) is 0 Å². The molecule has 1 saturated heterocycles. The quantitative estimate of drug-likeness (QED) is 0.593. The zero-order chi connectivity index (χ0) is 9.73. The molecular weight excluding hydrogens is 172 g/mol. The Morgan fingerprint density at radius 1 is 1.54 bits per heavy atom. The molecule has 0 atom stereocenters. The molecule has 0 bridgehead atoms. The van der Waals surface area contributed by atoms with Crippen LogP contribution in [0.3, 0.4) is 0 Å². The van der Waals surface area contributed by atoms with Crippen molar-refractivity contribution in [2.75, 3.05) is 33.5 Å². The highest BCUT2D eigenvalue weighted by Crippen LogP contribution is 2.31. The lowest BCUT2D eigenvalue weighted by Gasteiger charge is -2.39. The van der Waals surface area contributed by atoms with E-state index in [1.165, 1.54) is 7.11 Å². The van der Waals surface area contributed by atoms with Crippen molar-refractivity contribution in [3.05, 3.63) is 0 Å². The van der Waals surface area contributed by atoms with Crippen LogP contribution in [0.4, 0.5) is 0 Å². The summed E-state index contributed by atoms with van der Waals surface area (Å²) in [5.74, 6) is -0.303. The third-order valence-corrected chi connectivity index (χ3v) is 2.37. The van der Waals surface area contributed by atoms with E-state index in [4.69, 9.17) is 9.47 Å². The van der Waals surface area contributed by atoms with Gasteiger partial charge in [-0.2, -0.15) is 0 Å². The van der Waals surface area contributed by atoms with Crippen LogP contribution in [0, 0.1) is 5.41 Å². The minimum atomic E-state index is -0.303. The fourth-order valence-corrected chi connectivity index (χ4v) is 1.17. The van der Waals surface area contributed by atoms with Crippen molar-refractivity contribution in [3.63, 3.8) is 0 Å². The first kappa shape index (κ1) is 10.5. The Kier molecular flexibility index (Phi) is 3.69. The average Bonchev–Trinajstić information content (AvgIpc) is 2.04. The molecule has 1 fully saturated rings. The highest BCUT2D eigenvalue weighted by atomic mass is 16.6. The summed E-state index contributed by atoms with van der Waals surface area (Å²) in [4.78, 5) is 11.0. The van der Waals surface area contributed by atoms with Gasteiger partial charge in [0.2, 0.25) is 0 Å². The van der Waals surface area contributed by atoms with E-state index in [9.17, 15) is 4.79 Å². The van der Waals surface area contributed by atoms with Crippen LogP contribution in [0.5, 0.6) is 0 Å². The third-order valence-electron chi connectivity index (χ3n) is 2.37. The van der Waals surface area contributed by atoms with Crippen molar-refractivity contribution < 1.29 is 19.0 Å². The Morgan fingerprint density at radius 3 is 2.62 bits per heavy atom. The van der Waals surface area contributed by atoms with Gasteiger partial charge < -0.3 is 14.2 Å². The van der Waals surface area contributed by atoms with Gasteiger partial charge in [0, 0.05) is 7.11 Å². The molecule has 1 heterocycles. The number of methoxy groups -OCH3 is 1. The third kappa shape index (κ3) is 2.67. The van der Waals surface area contributed by atoms with Crippen LogP contribution >= 0.6 is 0 Å². The van der Waals surface area contributed by atoms with Crippen LogP contribution < -0.4 is 0 Å². The summed E-state index contributed by atoms with van der Waals surface area (Å²) in [6.45, 7) is 3.95. The van der Waals surface area contributed by atoms with Crippen molar-refractivity contribution >= 4 is 5.97 Å². The van der Waals surface area contributed by atoms with E-state index in [1.807, 2.05) is 0 Å². The van der Waals surface area contributed by atoms with Gasteiger partial charge in [0.1, 0.15) is 13.2 Å². The molecule has 76 valence electrons. The minimum absolute atomic E-state index is 0.0284. The van der Waals surface area contributed by atoms with Crippen LogP contribution in [0.15, 0.2) is 0 Å². The molecule has 0 aromatic carbocycles. The summed E-state index contributed by atoms with van der Waals surface area (Å²) in [5, 5.41) is 0. The van der Waals surface area contributed by atoms with E-state index < -0.39 is 0 Å². The second kappa shape index (κ2) is 4.58. The fourth-order valence-electron chi connectivity index (χ4n) is 1.17. The van der Waals surface area contributed by atoms with Gasteiger partial charge in [0.25, 0.3) is 0 Å². The molecule has 0 saturated carbocycles. The molecule has 0 N–H and O–H groups in total. The number of esters is 1. The molecule has 1 rings (SSSR count). The molecule has 0 unspecified atom stereocenters. The van der Waals surface area contributed by atoms with Crippen molar-refractivity contribution in [1.82, 2.24) is 0 Å². The van der Waals surface area contributed by atoms with E-state index >= 15 is 0 Å². The maximum atomic E-state index is 11.0. The molecule has 0 amide bonds. The van der Waals surface area contributed by atoms with Gasteiger partial charge in [-0.25, -0.2) is 4.79 Å². The Bertz CT molecular complexity index is 169. The van der Waals surface area contributed by atoms with Gasteiger partial charge in [-0.3, -0.25) is 0 Å². The maximum Gasteiger partial charge on any atom is 0.332 e. The smallest absolute Gasteiger partial charge is 0.332 e. The number of ether oxygens (including phenoxy) is 3. The predicted octanol–water partition coefficient (Wildman–Crippen LogP) is 0.603. The first-order chi connectivity index (χ1) is 6.22. The Balaban J connectivity index is 2.20.